The van der Waals surface area contributed by atoms with Gasteiger partial charge < -0.3 is 14.7 Å². The molecule has 6 rings (SSSR count). The maximum atomic E-state index is 11.4. The van der Waals surface area contributed by atoms with Crippen molar-refractivity contribution in [2.24, 2.45) is 0 Å². The van der Waals surface area contributed by atoms with E-state index >= 15 is 0 Å². The molecule has 6 aromatic rings. The number of hydrogen-bond acceptors (Lipinski definition) is 7. The number of fused-ring (bicyclic) bond motifs is 2. The zero-order valence-electron chi connectivity index (χ0n) is 18.9. The summed E-state index contributed by atoms with van der Waals surface area (Å²) < 4.78 is 6.04. The Kier molecular flexibility index (Phi) is 5.08. The molecule has 0 amide bonds. The number of nitro groups is 2. The molecule has 0 saturated carbocycles. The Balaban J connectivity index is 1.31. The molecule has 2 N–H and O–H groups in total. The summed E-state index contributed by atoms with van der Waals surface area (Å²) >= 11 is 0. The van der Waals surface area contributed by atoms with Crippen LogP contribution in [-0.4, -0.2) is 29.8 Å². The maximum Gasteiger partial charge on any atom is 0.280 e. The number of ether oxygens (including phenoxy) is 1. The number of rotatable bonds is 6. The minimum Gasteiger partial charge on any atom is -0.457 e. The Morgan fingerprint density at radius 3 is 1.49 bits per heavy atom. The highest BCUT2D eigenvalue weighted by atomic mass is 16.6. The van der Waals surface area contributed by atoms with E-state index in [-0.39, 0.29) is 11.4 Å². The van der Waals surface area contributed by atoms with Gasteiger partial charge in [0.2, 0.25) is 0 Å². The van der Waals surface area contributed by atoms with E-state index in [9.17, 15) is 20.2 Å². The summed E-state index contributed by atoms with van der Waals surface area (Å²) in [6, 6.07) is 23.4. The van der Waals surface area contributed by atoms with Crippen molar-refractivity contribution in [2.75, 3.05) is 0 Å². The second kappa shape index (κ2) is 8.57. The van der Waals surface area contributed by atoms with Crippen LogP contribution in [0.3, 0.4) is 0 Å². The normalized spacial score (nSPS) is 11.1. The van der Waals surface area contributed by atoms with E-state index < -0.39 is 9.85 Å². The van der Waals surface area contributed by atoms with Crippen molar-refractivity contribution in [3.05, 3.63) is 105 Å². The Bertz CT molecular complexity index is 1710. The zero-order valence-corrected chi connectivity index (χ0v) is 18.9. The van der Waals surface area contributed by atoms with Crippen molar-refractivity contribution < 1.29 is 14.6 Å². The number of nitrogens with one attached hydrogen (secondary N) is 2. The number of benzene rings is 4. The lowest BCUT2D eigenvalue weighted by molar-refractivity contribution is -0.384. The first-order valence-electron chi connectivity index (χ1n) is 11.1. The molecule has 11 heteroatoms. The first-order chi connectivity index (χ1) is 18.0. The number of aromatic amines is 2. The third kappa shape index (κ3) is 4.00. The van der Waals surface area contributed by atoms with E-state index in [0.717, 1.165) is 0 Å². The Morgan fingerprint density at radius 2 is 1.05 bits per heavy atom. The molecule has 2 heterocycles. The standard InChI is InChI=1S/C26H16N6O5/c33-31(34)23-7-3-1-5-17(23)25-27-19-11-9-15(13-21(19)29-25)37-16-10-12-20-22(14-16)30-26(28-20)18-6-2-4-8-24(18)32(35)36/h1-14H,(H,27,29)(H,28,30). The third-order valence-electron chi connectivity index (χ3n) is 5.85. The molecule has 2 aromatic heterocycles. The number of para-hydroxylation sites is 2. The highest BCUT2D eigenvalue weighted by molar-refractivity contribution is 5.84. The highest BCUT2D eigenvalue weighted by Crippen LogP contribution is 2.33. The van der Waals surface area contributed by atoms with Gasteiger partial charge >= 0.3 is 0 Å². The molecule has 0 unspecified atom stereocenters. The molecule has 0 fully saturated rings. The molecule has 180 valence electrons. The van der Waals surface area contributed by atoms with Crippen LogP contribution in [0.15, 0.2) is 84.9 Å². The molecule has 4 aromatic carbocycles. The number of imidazole rings is 2. The smallest absolute Gasteiger partial charge is 0.280 e. The van der Waals surface area contributed by atoms with Crippen LogP contribution in [0.2, 0.25) is 0 Å². The lowest BCUT2D eigenvalue weighted by atomic mass is 10.2. The quantitative estimate of drug-likeness (QED) is 0.202. The summed E-state index contributed by atoms with van der Waals surface area (Å²) in [7, 11) is 0. The monoisotopic (exact) mass is 492 g/mol. The van der Waals surface area contributed by atoms with Crippen LogP contribution >= 0.6 is 0 Å². The van der Waals surface area contributed by atoms with Gasteiger partial charge in [-0.05, 0) is 36.4 Å². The van der Waals surface area contributed by atoms with Crippen LogP contribution in [0.1, 0.15) is 0 Å². The molecular weight excluding hydrogens is 476 g/mol. The first kappa shape index (κ1) is 21.9. The van der Waals surface area contributed by atoms with Gasteiger partial charge in [-0.1, -0.05) is 24.3 Å². The molecule has 0 atom stereocenters. The van der Waals surface area contributed by atoms with Crippen molar-refractivity contribution >= 4 is 33.4 Å². The highest BCUT2D eigenvalue weighted by Gasteiger charge is 2.19. The summed E-state index contributed by atoms with van der Waals surface area (Å²) in [5.41, 5.74) is 3.31. The predicted octanol–water partition coefficient (Wildman–Crippen LogP) is 6.38. The van der Waals surface area contributed by atoms with Crippen LogP contribution in [0, 0.1) is 20.2 Å². The average molecular weight is 492 g/mol. The zero-order chi connectivity index (χ0) is 25.5. The average Bonchev–Trinajstić information content (AvgIpc) is 3.52. The fraction of sp³-hybridized carbons (Fsp3) is 0. The number of H-pyrrole nitrogens is 2. The van der Waals surface area contributed by atoms with Gasteiger partial charge in [-0.3, -0.25) is 20.2 Å². The van der Waals surface area contributed by atoms with Gasteiger partial charge in [0.1, 0.15) is 23.1 Å². The number of nitrogens with zero attached hydrogens (tertiary/aromatic N) is 4. The minimum absolute atomic E-state index is 0.0360. The van der Waals surface area contributed by atoms with E-state index in [1.54, 1.807) is 72.8 Å². The van der Waals surface area contributed by atoms with Crippen molar-refractivity contribution in [1.29, 1.82) is 0 Å². The van der Waals surface area contributed by atoms with Gasteiger partial charge in [-0.15, -0.1) is 0 Å². The van der Waals surface area contributed by atoms with E-state index in [2.05, 4.69) is 19.9 Å². The van der Waals surface area contributed by atoms with Gasteiger partial charge in [-0.25, -0.2) is 9.97 Å². The molecule has 0 aliphatic carbocycles. The van der Waals surface area contributed by atoms with E-state index in [0.29, 0.717) is 56.3 Å². The molecule has 0 bridgehead atoms. The maximum absolute atomic E-state index is 11.4. The fourth-order valence-electron chi connectivity index (χ4n) is 4.16. The van der Waals surface area contributed by atoms with Crippen LogP contribution in [-0.2, 0) is 0 Å². The van der Waals surface area contributed by atoms with Gasteiger partial charge in [-0.2, -0.15) is 0 Å². The summed E-state index contributed by atoms with van der Waals surface area (Å²) in [5.74, 6) is 1.84. The second-order valence-electron chi connectivity index (χ2n) is 8.18. The van der Waals surface area contributed by atoms with E-state index in [4.69, 9.17) is 4.74 Å². The van der Waals surface area contributed by atoms with Gasteiger partial charge in [0.15, 0.2) is 0 Å². The molecule has 0 aliphatic heterocycles. The first-order valence-corrected chi connectivity index (χ1v) is 11.1. The summed E-state index contributed by atoms with van der Waals surface area (Å²) in [6.45, 7) is 0. The lowest BCUT2D eigenvalue weighted by Gasteiger charge is -2.05. The summed E-state index contributed by atoms with van der Waals surface area (Å²) in [5, 5.41) is 22.8. The number of aromatic nitrogens is 4. The summed E-state index contributed by atoms with van der Waals surface area (Å²) in [6.07, 6.45) is 0. The van der Waals surface area contributed by atoms with Gasteiger partial charge in [0.25, 0.3) is 11.4 Å². The topological polar surface area (TPSA) is 153 Å². The molecule has 0 saturated heterocycles. The number of nitro benzene ring substituents is 2. The molecule has 37 heavy (non-hydrogen) atoms. The van der Waals surface area contributed by atoms with Gasteiger partial charge in [0, 0.05) is 24.3 Å². The van der Waals surface area contributed by atoms with E-state index in [1.165, 1.54) is 12.1 Å². The second-order valence-corrected chi connectivity index (χ2v) is 8.18. The summed E-state index contributed by atoms with van der Waals surface area (Å²) in [4.78, 5) is 37.2. The van der Waals surface area contributed by atoms with Crippen molar-refractivity contribution in [3.8, 4) is 34.3 Å². The lowest BCUT2D eigenvalue weighted by Crippen LogP contribution is -1.92. The molecule has 0 aliphatic rings. The van der Waals surface area contributed by atoms with Crippen molar-refractivity contribution in [3.63, 3.8) is 0 Å². The number of hydrogen-bond donors (Lipinski definition) is 2. The van der Waals surface area contributed by atoms with Crippen LogP contribution in [0.5, 0.6) is 11.5 Å². The SMILES string of the molecule is O=[N+]([O-])c1ccccc1-c1nc2ccc(Oc3ccc4nc(-c5ccccc5[N+](=O)[O-])[nH]c4c3)cc2[nH]1. The largest absolute Gasteiger partial charge is 0.457 e. The molecule has 11 nitrogen and oxygen atoms in total. The Labute approximate surface area is 207 Å². The van der Waals surface area contributed by atoms with Crippen LogP contribution < -0.4 is 4.74 Å². The van der Waals surface area contributed by atoms with E-state index in [1.807, 2.05) is 0 Å². The van der Waals surface area contributed by atoms with Gasteiger partial charge in [0.05, 0.1) is 43.0 Å². The fourth-order valence-corrected chi connectivity index (χ4v) is 4.16. The predicted molar refractivity (Wildman–Crippen MR) is 136 cm³/mol. The Morgan fingerprint density at radius 1 is 0.622 bits per heavy atom. The third-order valence-corrected chi connectivity index (χ3v) is 5.85. The van der Waals surface area contributed by atoms with Crippen LogP contribution in [0.4, 0.5) is 11.4 Å². The minimum atomic E-state index is -0.440. The van der Waals surface area contributed by atoms with Crippen molar-refractivity contribution in [1.82, 2.24) is 19.9 Å². The van der Waals surface area contributed by atoms with Crippen molar-refractivity contribution in [2.45, 2.75) is 0 Å². The molecule has 0 spiro atoms. The molecule has 0 radical (unpaired) electrons. The molecular formula is C26H16N6O5. The Hall–Kier alpha value is -5.58. The van der Waals surface area contributed by atoms with Crippen LogP contribution in [0.25, 0.3) is 44.8 Å².